The van der Waals surface area contributed by atoms with Crippen molar-refractivity contribution in [1.82, 2.24) is 0 Å². The third kappa shape index (κ3) is 2.77. The number of carbonyl (C=O) groups is 1. The van der Waals surface area contributed by atoms with Gasteiger partial charge in [0, 0.05) is 11.1 Å². The zero-order valence-electron chi connectivity index (χ0n) is 10.9. The van der Waals surface area contributed by atoms with E-state index in [0.717, 1.165) is 9.77 Å². The second-order valence-electron chi connectivity index (χ2n) is 3.72. The van der Waals surface area contributed by atoms with Crippen LogP contribution in [0.1, 0.15) is 15.9 Å². The van der Waals surface area contributed by atoms with E-state index in [1.54, 1.807) is 55.5 Å². The monoisotopic (exact) mass is 294 g/mol. The van der Waals surface area contributed by atoms with Crippen LogP contribution < -0.4 is 9.47 Å². The van der Waals surface area contributed by atoms with E-state index in [-0.39, 0.29) is 5.78 Å². The van der Waals surface area contributed by atoms with Gasteiger partial charge < -0.3 is 9.47 Å². The molecule has 0 radical (unpaired) electrons. The van der Waals surface area contributed by atoms with Crippen LogP contribution in [0.4, 0.5) is 0 Å². The molecule has 0 amide bonds. The molecule has 0 aliphatic heterocycles. The van der Waals surface area contributed by atoms with Gasteiger partial charge in [-0.2, -0.15) is 0 Å². The second-order valence-corrected chi connectivity index (χ2v) is 5.72. The van der Waals surface area contributed by atoms with E-state index in [1.807, 2.05) is 17.7 Å². The molecule has 0 saturated heterocycles. The number of hydrogen-bond donors (Lipinski definition) is 0. The van der Waals surface area contributed by atoms with Crippen LogP contribution in [-0.2, 0) is 0 Å². The van der Waals surface area contributed by atoms with Crippen LogP contribution in [0.5, 0.6) is 11.5 Å². The van der Waals surface area contributed by atoms with Crippen molar-refractivity contribution in [3.63, 3.8) is 0 Å². The third-order valence-electron chi connectivity index (χ3n) is 2.71. The first kappa shape index (κ1) is 14.0. The summed E-state index contributed by atoms with van der Waals surface area (Å²) in [5, 5.41) is 1.93. The molecule has 1 aromatic heterocycles. The number of ether oxygens (including phenoxy) is 2. The van der Waals surface area contributed by atoms with Gasteiger partial charge in [0.15, 0.2) is 17.3 Å². The van der Waals surface area contributed by atoms with Gasteiger partial charge in [0.25, 0.3) is 0 Å². The largest absolute Gasteiger partial charge is 0.493 e. The molecule has 0 aliphatic rings. The van der Waals surface area contributed by atoms with Gasteiger partial charge in [-0.15, -0.1) is 23.1 Å². The van der Waals surface area contributed by atoms with E-state index in [2.05, 4.69) is 0 Å². The molecule has 0 atom stereocenters. The zero-order chi connectivity index (χ0) is 13.8. The minimum absolute atomic E-state index is 0.00607. The number of methoxy groups -OCH3 is 2. The lowest BCUT2D eigenvalue weighted by atomic mass is 10.1. The molecule has 0 fully saturated rings. The second kappa shape index (κ2) is 6.12. The minimum atomic E-state index is 0.00607. The Labute approximate surface area is 120 Å². The lowest BCUT2D eigenvalue weighted by Crippen LogP contribution is -2.02. The van der Waals surface area contributed by atoms with E-state index in [9.17, 15) is 4.79 Å². The maximum atomic E-state index is 12.5. The van der Waals surface area contributed by atoms with Crippen LogP contribution >= 0.6 is 23.1 Å². The van der Waals surface area contributed by atoms with E-state index >= 15 is 0 Å². The molecule has 0 aliphatic carbocycles. The summed E-state index contributed by atoms with van der Waals surface area (Å²) in [6.07, 6.45) is 1.97. The summed E-state index contributed by atoms with van der Waals surface area (Å²) < 4.78 is 11.4. The molecule has 1 heterocycles. The lowest BCUT2D eigenvalue weighted by Gasteiger charge is -2.09. The fraction of sp³-hybridized carbons (Fsp3) is 0.214. The van der Waals surface area contributed by atoms with Gasteiger partial charge in [-0.3, -0.25) is 4.79 Å². The average molecular weight is 294 g/mol. The summed E-state index contributed by atoms with van der Waals surface area (Å²) in [5.41, 5.74) is 1.34. The fourth-order valence-corrected chi connectivity index (χ4v) is 3.30. The molecule has 0 N–H and O–H groups in total. The van der Waals surface area contributed by atoms with Crippen molar-refractivity contribution in [2.75, 3.05) is 20.5 Å². The molecular weight excluding hydrogens is 280 g/mol. The minimum Gasteiger partial charge on any atom is -0.493 e. The molecule has 0 bridgehead atoms. The van der Waals surface area contributed by atoms with E-state index < -0.39 is 0 Å². The summed E-state index contributed by atoms with van der Waals surface area (Å²) in [5.74, 6) is 1.19. The Balaban J connectivity index is 2.39. The summed E-state index contributed by atoms with van der Waals surface area (Å²) in [6.45, 7) is 0. The van der Waals surface area contributed by atoms with Crippen LogP contribution in [-0.4, -0.2) is 26.3 Å². The molecule has 0 unspecified atom stereocenters. The molecule has 5 heteroatoms. The first-order valence-electron chi connectivity index (χ1n) is 5.59. The van der Waals surface area contributed by atoms with E-state index in [0.29, 0.717) is 17.1 Å². The molecule has 3 nitrogen and oxygen atoms in total. The number of thiophene rings is 1. The molecule has 0 saturated carbocycles. The van der Waals surface area contributed by atoms with Crippen molar-refractivity contribution in [3.8, 4) is 11.5 Å². The Morgan fingerprint density at radius 1 is 1.16 bits per heavy atom. The highest BCUT2D eigenvalue weighted by molar-refractivity contribution is 8.00. The number of rotatable bonds is 5. The maximum Gasteiger partial charge on any atom is 0.195 e. The predicted molar refractivity (Wildman–Crippen MR) is 79.1 cm³/mol. The van der Waals surface area contributed by atoms with Gasteiger partial charge in [-0.25, -0.2) is 0 Å². The van der Waals surface area contributed by atoms with Crippen LogP contribution in [0.3, 0.4) is 0 Å². The lowest BCUT2D eigenvalue weighted by molar-refractivity contribution is 0.103. The van der Waals surface area contributed by atoms with Crippen LogP contribution in [0.25, 0.3) is 0 Å². The summed E-state index contributed by atoms with van der Waals surface area (Å²) in [7, 11) is 3.13. The smallest absolute Gasteiger partial charge is 0.195 e. The molecule has 1 aromatic carbocycles. The molecule has 2 aromatic rings. The molecule has 100 valence electrons. The van der Waals surface area contributed by atoms with E-state index in [4.69, 9.17) is 9.47 Å². The van der Waals surface area contributed by atoms with E-state index in [1.165, 1.54) is 0 Å². The first-order chi connectivity index (χ1) is 9.21. The number of hydrogen-bond acceptors (Lipinski definition) is 5. The van der Waals surface area contributed by atoms with Crippen molar-refractivity contribution >= 4 is 28.9 Å². The average Bonchev–Trinajstić information content (AvgIpc) is 2.94. The summed E-state index contributed by atoms with van der Waals surface area (Å²) in [6, 6.07) is 7.07. The summed E-state index contributed by atoms with van der Waals surface area (Å²) in [4.78, 5) is 12.5. The van der Waals surface area contributed by atoms with Crippen LogP contribution in [0, 0.1) is 0 Å². The highest BCUT2D eigenvalue weighted by Crippen LogP contribution is 2.32. The molecule has 19 heavy (non-hydrogen) atoms. The Bertz CT molecular complexity index is 590. The predicted octanol–water partition coefficient (Wildman–Crippen LogP) is 3.72. The van der Waals surface area contributed by atoms with Crippen LogP contribution in [0.15, 0.2) is 33.9 Å². The van der Waals surface area contributed by atoms with Crippen LogP contribution in [0.2, 0.25) is 0 Å². The van der Waals surface area contributed by atoms with Crippen molar-refractivity contribution in [3.05, 3.63) is 40.8 Å². The fourth-order valence-electron chi connectivity index (χ4n) is 1.75. The Hall–Kier alpha value is -1.46. The number of ketones is 1. The van der Waals surface area contributed by atoms with Gasteiger partial charge in [0.1, 0.15) is 0 Å². The number of carbonyl (C=O) groups excluding carboxylic acids is 1. The van der Waals surface area contributed by atoms with Crippen molar-refractivity contribution in [1.29, 1.82) is 0 Å². The summed E-state index contributed by atoms with van der Waals surface area (Å²) >= 11 is 3.16. The third-order valence-corrected chi connectivity index (χ3v) is 4.79. The normalized spacial score (nSPS) is 10.3. The zero-order valence-corrected chi connectivity index (χ0v) is 12.6. The van der Waals surface area contributed by atoms with Gasteiger partial charge in [0.2, 0.25) is 0 Å². The number of thioether (sulfide) groups is 1. The first-order valence-corrected chi connectivity index (χ1v) is 7.70. The molecule has 2 rings (SSSR count). The SMILES string of the molecule is COc1ccc(C(=O)c2ccsc2SC)cc1OC. The highest BCUT2D eigenvalue weighted by Gasteiger charge is 2.16. The van der Waals surface area contributed by atoms with Gasteiger partial charge in [0.05, 0.1) is 18.4 Å². The van der Waals surface area contributed by atoms with Crippen molar-refractivity contribution in [2.45, 2.75) is 4.21 Å². The van der Waals surface area contributed by atoms with Crippen molar-refractivity contribution in [2.24, 2.45) is 0 Å². The Morgan fingerprint density at radius 3 is 2.53 bits per heavy atom. The van der Waals surface area contributed by atoms with Gasteiger partial charge in [-0.05, 0) is 35.9 Å². The topological polar surface area (TPSA) is 35.5 Å². The molecular formula is C14H14O3S2. The Kier molecular flexibility index (Phi) is 4.50. The van der Waals surface area contributed by atoms with Crippen molar-refractivity contribution < 1.29 is 14.3 Å². The van der Waals surface area contributed by atoms with Gasteiger partial charge in [-0.1, -0.05) is 0 Å². The number of benzene rings is 1. The quantitative estimate of drug-likeness (QED) is 0.622. The maximum absolute atomic E-state index is 12.5. The standard InChI is InChI=1S/C14H14O3S2/c1-16-11-5-4-9(8-12(11)17-2)13(15)10-6-7-19-14(10)18-3/h4-8H,1-3H3. The van der Waals surface area contributed by atoms with Gasteiger partial charge >= 0.3 is 0 Å². The molecule has 0 spiro atoms. The Morgan fingerprint density at radius 2 is 1.89 bits per heavy atom. The highest BCUT2D eigenvalue weighted by atomic mass is 32.2.